The van der Waals surface area contributed by atoms with Gasteiger partial charge in [0.2, 0.25) is 0 Å². The van der Waals surface area contributed by atoms with Gasteiger partial charge in [-0.15, -0.1) is 10.2 Å². The van der Waals surface area contributed by atoms with Gasteiger partial charge >= 0.3 is 0 Å². The summed E-state index contributed by atoms with van der Waals surface area (Å²) >= 11 is 0. The third-order valence-corrected chi connectivity index (χ3v) is 4.63. The maximum atomic E-state index is 13.0. The number of amides is 1. The predicted octanol–water partition coefficient (Wildman–Crippen LogP) is 2.19. The van der Waals surface area contributed by atoms with E-state index in [0.29, 0.717) is 25.3 Å². The lowest BCUT2D eigenvalue weighted by atomic mass is 10.1. The molecule has 1 amide bonds. The SMILES string of the molecule is COCc1nnc2n1CCN(C(=O)c1cnc3ccccc3c1)[C@@H]2C. The Hall–Kier alpha value is -2.80. The van der Waals surface area contributed by atoms with Crippen LogP contribution < -0.4 is 0 Å². The van der Waals surface area contributed by atoms with Gasteiger partial charge in [-0.25, -0.2) is 0 Å². The molecule has 0 unspecified atom stereocenters. The van der Waals surface area contributed by atoms with Gasteiger partial charge in [-0.05, 0) is 19.1 Å². The van der Waals surface area contributed by atoms with Gasteiger partial charge in [0.05, 0.1) is 17.1 Å². The van der Waals surface area contributed by atoms with Crippen LogP contribution in [0.3, 0.4) is 0 Å². The van der Waals surface area contributed by atoms with Gasteiger partial charge in [0, 0.05) is 31.8 Å². The van der Waals surface area contributed by atoms with E-state index >= 15 is 0 Å². The molecule has 0 saturated carbocycles. The molecule has 7 nitrogen and oxygen atoms in total. The number of carbonyl (C=O) groups is 1. The first kappa shape index (κ1) is 15.7. The van der Waals surface area contributed by atoms with Crippen molar-refractivity contribution in [2.75, 3.05) is 13.7 Å². The second-order valence-electron chi connectivity index (χ2n) is 6.15. The van der Waals surface area contributed by atoms with Crippen LogP contribution in [0.25, 0.3) is 10.9 Å². The van der Waals surface area contributed by atoms with Crippen molar-refractivity contribution in [1.29, 1.82) is 0 Å². The maximum Gasteiger partial charge on any atom is 0.256 e. The summed E-state index contributed by atoms with van der Waals surface area (Å²) in [6, 6.07) is 9.54. The van der Waals surface area contributed by atoms with Crippen molar-refractivity contribution < 1.29 is 9.53 Å². The van der Waals surface area contributed by atoms with E-state index < -0.39 is 0 Å². The minimum absolute atomic E-state index is 0.0340. The number of nitrogens with zero attached hydrogens (tertiary/aromatic N) is 5. The molecule has 0 N–H and O–H groups in total. The van der Waals surface area contributed by atoms with E-state index in [0.717, 1.165) is 22.6 Å². The van der Waals surface area contributed by atoms with Gasteiger partial charge in [-0.3, -0.25) is 9.78 Å². The Kier molecular flexibility index (Phi) is 3.93. The molecule has 4 rings (SSSR count). The molecule has 1 aromatic carbocycles. The number of rotatable bonds is 3. The third kappa shape index (κ3) is 2.66. The average Bonchev–Trinajstić information content (AvgIpc) is 3.05. The van der Waals surface area contributed by atoms with Crippen LogP contribution >= 0.6 is 0 Å². The average molecular weight is 337 g/mol. The molecule has 0 bridgehead atoms. The fourth-order valence-electron chi connectivity index (χ4n) is 3.31. The van der Waals surface area contributed by atoms with Gasteiger partial charge in [-0.2, -0.15) is 0 Å². The van der Waals surface area contributed by atoms with Crippen LogP contribution in [-0.2, 0) is 17.9 Å². The van der Waals surface area contributed by atoms with Gasteiger partial charge in [0.25, 0.3) is 5.91 Å². The summed E-state index contributed by atoms with van der Waals surface area (Å²) < 4.78 is 7.20. The molecule has 0 aliphatic carbocycles. The Bertz CT molecular complexity index is 936. The van der Waals surface area contributed by atoms with Crippen molar-refractivity contribution in [3.8, 4) is 0 Å². The summed E-state index contributed by atoms with van der Waals surface area (Å²) in [7, 11) is 1.64. The molecule has 0 saturated heterocycles. The zero-order chi connectivity index (χ0) is 17.4. The Morgan fingerprint density at radius 2 is 2.12 bits per heavy atom. The van der Waals surface area contributed by atoms with E-state index in [1.165, 1.54) is 0 Å². The molecule has 2 aromatic heterocycles. The molecular weight excluding hydrogens is 318 g/mol. The minimum Gasteiger partial charge on any atom is -0.377 e. The number of carbonyl (C=O) groups excluding carboxylic acids is 1. The molecule has 1 atom stereocenters. The van der Waals surface area contributed by atoms with E-state index in [1.54, 1.807) is 13.3 Å². The topological polar surface area (TPSA) is 73.1 Å². The normalized spacial score (nSPS) is 16.9. The molecule has 0 radical (unpaired) electrons. The number of para-hydroxylation sites is 1. The van der Waals surface area contributed by atoms with Crippen molar-refractivity contribution in [2.24, 2.45) is 0 Å². The van der Waals surface area contributed by atoms with Crippen LogP contribution in [-0.4, -0.2) is 44.2 Å². The first-order valence-electron chi connectivity index (χ1n) is 8.25. The van der Waals surface area contributed by atoms with Crippen molar-refractivity contribution in [1.82, 2.24) is 24.6 Å². The maximum absolute atomic E-state index is 13.0. The lowest BCUT2D eigenvalue weighted by molar-refractivity contribution is 0.0632. The Balaban J connectivity index is 1.63. The van der Waals surface area contributed by atoms with E-state index in [2.05, 4.69) is 15.2 Å². The first-order valence-corrected chi connectivity index (χ1v) is 8.25. The fraction of sp³-hybridized carbons (Fsp3) is 0.333. The smallest absolute Gasteiger partial charge is 0.256 e. The molecule has 128 valence electrons. The Labute approximate surface area is 145 Å². The highest BCUT2D eigenvalue weighted by molar-refractivity contribution is 5.97. The van der Waals surface area contributed by atoms with E-state index in [1.807, 2.05) is 46.7 Å². The number of methoxy groups -OCH3 is 1. The van der Waals surface area contributed by atoms with Crippen molar-refractivity contribution in [3.05, 3.63) is 53.7 Å². The summed E-state index contributed by atoms with van der Waals surface area (Å²) in [5, 5.41) is 9.40. The van der Waals surface area contributed by atoms with E-state index in [9.17, 15) is 4.79 Å². The van der Waals surface area contributed by atoms with Crippen molar-refractivity contribution >= 4 is 16.8 Å². The lowest BCUT2D eigenvalue weighted by Crippen LogP contribution is -2.41. The quantitative estimate of drug-likeness (QED) is 0.732. The van der Waals surface area contributed by atoms with Gasteiger partial charge < -0.3 is 14.2 Å². The molecule has 7 heteroatoms. The predicted molar refractivity (Wildman–Crippen MR) is 91.9 cm³/mol. The second-order valence-corrected chi connectivity index (χ2v) is 6.15. The van der Waals surface area contributed by atoms with Crippen molar-refractivity contribution in [3.63, 3.8) is 0 Å². The molecule has 25 heavy (non-hydrogen) atoms. The lowest BCUT2D eigenvalue weighted by Gasteiger charge is -2.33. The van der Waals surface area contributed by atoms with E-state index in [4.69, 9.17) is 4.74 Å². The number of fused-ring (bicyclic) bond motifs is 2. The largest absolute Gasteiger partial charge is 0.377 e. The molecule has 3 aromatic rings. The van der Waals surface area contributed by atoms with E-state index in [-0.39, 0.29) is 11.9 Å². The standard InChI is InChI=1S/C18H19N5O2/c1-12-17-21-20-16(11-25-2)23(17)8-7-22(12)18(24)14-9-13-5-3-4-6-15(13)19-10-14/h3-6,9-10,12H,7-8,11H2,1-2H3/t12-/m1/s1. The fourth-order valence-corrected chi connectivity index (χ4v) is 3.31. The van der Waals surface area contributed by atoms with Gasteiger partial charge in [0.1, 0.15) is 6.61 Å². The zero-order valence-electron chi connectivity index (χ0n) is 14.2. The summed E-state index contributed by atoms with van der Waals surface area (Å²) in [5.41, 5.74) is 1.48. The van der Waals surface area contributed by atoms with Gasteiger partial charge in [-0.1, -0.05) is 18.2 Å². The zero-order valence-corrected chi connectivity index (χ0v) is 14.2. The molecular formula is C18H19N5O2. The molecule has 1 aliphatic rings. The van der Waals surface area contributed by atoms with Crippen LogP contribution in [0.15, 0.2) is 36.5 Å². The van der Waals surface area contributed by atoms with Gasteiger partial charge in [0.15, 0.2) is 11.6 Å². The highest BCUT2D eigenvalue weighted by Crippen LogP contribution is 2.26. The Morgan fingerprint density at radius 3 is 2.96 bits per heavy atom. The molecule has 1 aliphatic heterocycles. The summed E-state index contributed by atoms with van der Waals surface area (Å²) in [6.07, 6.45) is 1.65. The minimum atomic E-state index is -0.147. The number of benzene rings is 1. The number of ether oxygens (including phenoxy) is 1. The number of hydrogen-bond acceptors (Lipinski definition) is 5. The molecule has 3 heterocycles. The number of hydrogen-bond donors (Lipinski definition) is 0. The van der Waals surface area contributed by atoms with Crippen LogP contribution in [0.4, 0.5) is 0 Å². The van der Waals surface area contributed by atoms with Crippen LogP contribution in [0.1, 0.15) is 35.0 Å². The summed E-state index contributed by atoms with van der Waals surface area (Å²) in [6.45, 7) is 3.66. The monoisotopic (exact) mass is 337 g/mol. The Morgan fingerprint density at radius 1 is 1.28 bits per heavy atom. The molecule has 0 fully saturated rings. The third-order valence-electron chi connectivity index (χ3n) is 4.63. The highest BCUT2D eigenvalue weighted by Gasteiger charge is 2.31. The van der Waals surface area contributed by atoms with Crippen LogP contribution in [0, 0.1) is 0 Å². The number of pyridine rings is 1. The van der Waals surface area contributed by atoms with Crippen LogP contribution in [0.2, 0.25) is 0 Å². The summed E-state index contributed by atoms with van der Waals surface area (Å²) in [4.78, 5) is 19.2. The first-order chi connectivity index (χ1) is 12.2. The molecule has 0 spiro atoms. The van der Waals surface area contributed by atoms with Crippen LogP contribution in [0.5, 0.6) is 0 Å². The highest BCUT2D eigenvalue weighted by atomic mass is 16.5. The summed E-state index contributed by atoms with van der Waals surface area (Å²) in [5.74, 6) is 1.55. The second kappa shape index (κ2) is 6.25. The van der Waals surface area contributed by atoms with Crippen molar-refractivity contribution in [2.45, 2.75) is 26.1 Å². The number of aromatic nitrogens is 4.